The number of amides is 2. The molecule has 0 aromatic heterocycles. The number of rotatable bonds is 9. The number of hydrogen-bond acceptors (Lipinski definition) is 6. The Labute approximate surface area is 174 Å². The molecule has 2 amide bonds. The van der Waals surface area contributed by atoms with Crippen LogP contribution in [-0.2, 0) is 19.1 Å². The number of hydrogen-bond donors (Lipinski definition) is 2. The average molecular weight is 412 g/mol. The second-order valence-electron chi connectivity index (χ2n) is 6.58. The van der Waals surface area contributed by atoms with Gasteiger partial charge in [0.25, 0.3) is 11.8 Å². The van der Waals surface area contributed by atoms with Crippen molar-refractivity contribution < 1.29 is 28.7 Å². The molecule has 158 valence electrons. The molecule has 30 heavy (non-hydrogen) atoms. The van der Waals surface area contributed by atoms with Crippen molar-refractivity contribution in [3.05, 3.63) is 70.8 Å². The van der Waals surface area contributed by atoms with E-state index < -0.39 is 37.0 Å². The summed E-state index contributed by atoms with van der Waals surface area (Å²) in [5.74, 6) is -2.16. The number of aryl methyl sites for hydroxylation is 2. The first-order chi connectivity index (χ1) is 14.3. The van der Waals surface area contributed by atoms with Gasteiger partial charge in [-0.15, -0.1) is 0 Å². The molecule has 0 saturated carbocycles. The second kappa shape index (κ2) is 11.4. The standard InChI is InChI=1S/C22H24N2O6/c1-15-3-7-17(8-4-15)21(27)29-13-19(25)23-11-12-24-20(26)14-30-22(28)18-9-5-16(2)6-10-18/h3-10H,11-14H2,1-2H3,(H,23,25)(H,24,26). The molecule has 8 heteroatoms. The van der Waals surface area contributed by atoms with E-state index in [-0.39, 0.29) is 13.1 Å². The van der Waals surface area contributed by atoms with Gasteiger partial charge in [0.15, 0.2) is 13.2 Å². The van der Waals surface area contributed by atoms with Gasteiger partial charge in [0.05, 0.1) is 11.1 Å². The molecule has 0 heterocycles. The molecule has 0 atom stereocenters. The zero-order valence-electron chi connectivity index (χ0n) is 16.9. The maximum absolute atomic E-state index is 11.8. The third-order valence-corrected chi connectivity index (χ3v) is 4.01. The number of carbonyl (C=O) groups is 4. The van der Waals surface area contributed by atoms with Gasteiger partial charge in [0.2, 0.25) is 0 Å². The Bertz CT molecular complexity index is 815. The Hall–Kier alpha value is -3.68. The van der Waals surface area contributed by atoms with Gasteiger partial charge < -0.3 is 20.1 Å². The number of nitrogens with one attached hydrogen (secondary N) is 2. The Kier molecular flexibility index (Phi) is 8.56. The van der Waals surface area contributed by atoms with Crippen molar-refractivity contribution in [3.63, 3.8) is 0 Å². The van der Waals surface area contributed by atoms with Crippen LogP contribution in [0.2, 0.25) is 0 Å². The molecule has 0 aliphatic heterocycles. The molecule has 0 spiro atoms. The van der Waals surface area contributed by atoms with Crippen molar-refractivity contribution in [3.8, 4) is 0 Å². The van der Waals surface area contributed by atoms with Crippen LogP contribution in [0, 0.1) is 13.8 Å². The van der Waals surface area contributed by atoms with Crippen LogP contribution < -0.4 is 10.6 Å². The van der Waals surface area contributed by atoms with Crippen LogP contribution in [0.3, 0.4) is 0 Å². The lowest BCUT2D eigenvalue weighted by molar-refractivity contribution is -0.125. The van der Waals surface area contributed by atoms with E-state index in [1.807, 2.05) is 13.8 Å². The summed E-state index contributed by atoms with van der Waals surface area (Å²) in [7, 11) is 0. The fourth-order valence-corrected chi connectivity index (χ4v) is 2.31. The largest absolute Gasteiger partial charge is 0.452 e. The second-order valence-corrected chi connectivity index (χ2v) is 6.58. The predicted octanol–water partition coefficient (Wildman–Crippen LogP) is 1.55. The lowest BCUT2D eigenvalue weighted by Gasteiger charge is -2.09. The van der Waals surface area contributed by atoms with E-state index >= 15 is 0 Å². The molecule has 2 aromatic carbocycles. The maximum atomic E-state index is 11.8. The van der Waals surface area contributed by atoms with Crippen molar-refractivity contribution in [2.24, 2.45) is 0 Å². The SMILES string of the molecule is Cc1ccc(C(=O)OCC(=O)NCCNC(=O)COC(=O)c2ccc(C)cc2)cc1. The maximum Gasteiger partial charge on any atom is 0.338 e. The minimum Gasteiger partial charge on any atom is -0.452 e. The topological polar surface area (TPSA) is 111 Å². The fourth-order valence-electron chi connectivity index (χ4n) is 2.31. The molecule has 0 aliphatic rings. The molecule has 2 aromatic rings. The van der Waals surface area contributed by atoms with Gasteiger partial charge in [0.1, 0.15) is 0 Å². The molecule has 0 radical (unpaired) electrons. The first-order valence-corrected chi connectivity index (χ1v) is 9.36. The van der Waals surface area contributed by atoms with Crippen LogP contribution in [0.15, 0.2) is 48.5 Å². The monoisotopic (exact) mass is 412 g/mol. The molecule has 2 N–H and O–H groups in total. The van der Waals surface area contributed by atoms with E-state index in [0.29, 0.717) is 11.1 Å². The summed E-state index contributed by atoms with van der Waals surface area (Å²) in [6.45, 7) is 3.23. The summed E-state index contributed by atoms with van der Waals surface area (Å²) in [5, 5.41) is 5.02. The predicted molar refractivity (Wildman–Crippen MR) is 109 cm³/mol. The summed E-state index contributed by atoms with van der Waals surface area (Å²) >= 11 is 0. The molecule has 0 bridgehead atoms. The smallest absolute Gasteiger partial charge is 0.338 e. The first kappa shape index (κ1) is 22.6. The van der Waals surface area contributed by atoms with Crippen LogP contribution in [0.5, 0.6) is 0 Å². The van der Waals surface area contributed by atoms with Crippen LogP contribution >= 0.6 is 0 Å². The van der Waals surface area contributed by atoms with E-state index in [2.05, 4.69) is 10.6 Å². The fraction of sp³-hybridized carbons (Fsp3) is 0.273. The Balaban J connectivity index is 1.57. The van der Waals surface area contributed by atoms with Gasteiger partial charge in [0, 0.05) is 13.1 Å². The van der Waals surface area contributed by atoms with Gasteiger partial charge in [-0.25, -0.2) is 9.59 Å². The van der Waals surface area contributed by atoms with E-state index in [4.69, 9.17) is 9.47 Å². The normalized spacial score (nSPS) is 10.1. The highest BCUT2D eigenvalue weighted by Gasteiger charge is 2.11. The van der Waals surface area contributed by atoms with E-state index in [0.717, 1.165) is 11.1 Å². The van der Waals surface area contributed by atoms with Crippen LogP contribution in [0.1, 0.15) is 31.8 Å². The van der Waals surface area contributed by atoms with Gasteiger partial charge in [-0.2, -0.15) is 0 Å². The molecular weight excluding hydrogens is 388 g/mol. The minimum absolute atomic E-state index is 0.137. The van der Waals surface area contributed by atoms with E-state index in [1.165, 1.54) is 0 Å². The molecular formula is C22H24N2O6. The molecule has 0 fully saturated rings. The van der Waals surface area contributed by atoms with Crippen LogP contribution in [0.25, 0.3) is 0 Å². The highest BCUT2D eigenvalue weighted by molar-refractivity contribution is 5.92. The van der Waals surface area contributed by atoms with Gasteiger partial charge in [-0.3, -0.25) is 9.59 Å². The number of carbonyl (C=O) groups excluding carboxylic acids is 4. The van der Waals surface area contributed by atoms with E-state index in [1.54, 1.807) is 48.5 Å². The Morgan fingerprint density at radius 1 is 0.633 bits per heavy atom. The summed E-state index contributed by atoms with van der Waals surface area (Å²) in [4.78, 5) is 47.1. The number of esters is 2. The Morgan fingerprint density at radius 2 is 0.967 bits per heavy atom. The molecule has 2 rings (SSSR count). The third kappa shape index (κ3) is 7.75. The zero-order valence-corrected chi connectivity index (χ0v) is 16.9. The number of ether oxygens (including phenoxy) is 2. The first-order valence-electron chi connectivity index (χ1n) is 9.36. The zero-order chi connectivity index (χ0) is 21.9. The van der Waals surface area contributed by atoms with E-state index in [9.17, 15) is 19.2 Å². The van der Waals surface area contributed by atoms with Crippen molar-refractivity contribution >= 4 is 23.8 Å². The highest BCUT2D eigenvalue weighted by atomic mass is 16.5. The quantitative estimate of drug-likeness (QED) is 0.478. The van der Waals surface area contributed by atoms with Crippen molar-refractivity contribution in [2.75, 3.05) is 26.3 Å². The van der Waals surface area contributed by atoms with Crippen molar-refractivity contribution in [2.45, 2.75) is 13.8 Å². The minimum atomic E-state index is -0.589. The summed E-state index contributed by atoms with van der Waals surface area (Å²) in [6, 6.07) is 13.6. The number of benzene rings is 2. The molecule has 0 saturated heterocycles. The lowest BCUT2D eigenvalue weighted by Crippen LogP contribution is -2.38. The summed E-state index contributed by atoms with van der Waals surface area (Å²) < 4.78 is 9.85. The van der Waals surface area contributed by atoms with Gasteiger partial charge in [-0.05, 0) is 38.1 Å². The average Bonchev–Trinajstić information content (AvgIpc) is 2.74. The third-order valence-electron chi connectivity index (χ3n) is 4.01. The van der Waals surface area contributed by atoms with Crippen LogP contribution in [0.4, 0.5) is 0 Å². The highest BCUT2D eigenvalue weighted by Crippen LogP contribution is 2.05. The molecule has 8 nitrogen and oxygen atoms in total. The molecule has 0 aliphatic carbocycles. The molecule has 0 unspecified atom stereocenters. The van der Waals surface area contributed by atoms with Crippen LogP contribution in [-0.4, -0.2) is 50.1 Å². The summed E-state index contributed by atoms with van der Waals surface area (Å²) in [6.07, 6.45) is 0. The van der Waals surface area contributed by atoms with Crippen molar-refractivity contribution in [1.29, 1.82) is 0 Å². The summed E-state index contributed by atoms with van der Waals surface area (Å²) in [5.41, 5.74) is 2.74. The lowest BCUT2D eigenvalue weighted by atomic mass is 10.1. The van der Waals surface area contributed by atoms with Crippen molar-refractivity contribution in [1.82, 2.24) is 10.6 Å². The Morgan fingerprint density at radius 3 is 1.30 bits per heavy atom. The van der Waals surface area contributed by atoms with Gasteiger partial charge in [-0.1, -0.05) is 35.4 Å². The van der Waals surface area contributed by atoms with Gasteiger partial charge >= 0.3 is 11.9 Å².